The zero-order valence-electron chi connectivity index (χ0n) is 6.34. The van der Waals surface area contributed by atoms with Crippen molar-refractivity contribution in [2.45, 2.75) is 32.3 Å². The van der Waals surface area contributed by atoms with E-state index in [1.165, 1.54) is 0 Å². The van der Waals surface area contributed by atoms with Gasteiger partial charge in [0.1, 0.15) is 0 Å². The van der Waals surface area contributed by atoms with Gasteiger partial charge in [-0.3, -0.25) is 0 Å². The van der Waals surface area contributed by atoms with Crippen molar-refractivity contribution in [2.75, 3.05) is 6.61 Å². The Morgan fingerprint density at radius 1 is 1.70 bits per heavy atom. The minimum absolute atomic E-state index is 0.216. The molecule has 0 unspecified atom stereocenters. The predicted molar refractivity (Wildman–Crippen MR) is 38.4 cm³/mol. The van der Waals surface area contributed by atoms with Crippen molar-refractivity contribution in [1.82, 2.24) is 0 Å². The monoisotopic (exact) mass is 139 g/mol. The Labute approximate surface area is 61.8 Å². The molecule has 0 radical (unpaired) electrons. The molecule has 1 heterocycles. The standard InChI is InChI=1S/C8H13NO/c1-7-3-5-10-8(6-7)2-4-9/h7-8H,2-3,5-6H2,1H3/t7-,8-/m0/s1. The van der Waals surface area contributed by atoms with E-state index in [9.17, 15) is 0 Å². The molecule has 0 amide bonds. The fourth-order valence-corrected chi connectivity index (χ4v) is 1.31. The molecule has 2 nitrogen and oxygen atoms in total. The summed E-state index contributed by atoms with van der Waals surface area (Å²) in [4.78, 5) is 0. The van der Waals surface area contributed by atoms with Crippen LogP contribution in [0.4, 0.5) is 0 Å². The van der Waals surface area contributed by atoms with Gasteiger partial charge in [-0.25, -0.2) is 0 Å². The molecule has 1 aliphatic heterocycles. The first-order chi connectivity index (χ1) is 4.83. The lowest BCUT2D eigenvalue weighted by Crippen LogP contribution is -2.23. The van der Waals surface area contributed by atoms with E-state index in [0.29, 0.717) is 6.42 Å². The first-order valence-electron chi connectivity index (χ1n) is 3.81. The second-order valence-electron chi connectivity index (χ2n) is 2.98. The molecule has 0 aromatic carbocycles. The number of rotatable bonds is 1. The normalized spacial score (nSPS) is 33.2. The average Bonchev–Trinajstić information content (AvgIpc) is 1.88. The first-order valence-corrected chi connectivity index (χ1v) is 3.81. The van der Waals surface area contributed by atoms with Gasteiger partial charge in [0.25, 0.3) is 0 Å². The third kappa shape index (κ3) is 2.00. The van der Waals surface area contributed by atoms with E-state index >= 15 is 0 Å². The number of hydrogen-bond donors (Lipinski definition) is 0. The second-order valence-corrected chi connectivity index (χ2v) is 2.98. The quantitative estimate of drug-likeness (QED) is 0.554. The lowest BCUT2D eigenvalue weighted by molar-refractivity contribution is -0.00161. The maximum atomic E-state index is 8.37. The van der Waals surface area contributed by atoms with E-state index in [1.807, 2.05) is 0 Å². The van der Waals surface area contributed by atoms with Crippen LogP contribution in [0.3, 0.4) is 0 Å². The van der Waals surface area contributed by atoms with E-state index in [1.54, 1.807) is 0 Å². The van der Waals surface area contributed by atoms with Crippen molar-refractivity contribution in [1.29, 1.82) is 5.26 Å². The Balaban J connectivity index is 2.27. The predicted octanol–water partition coefficient (Wildman–Crippen LogP) is 1.72. The van der Waals surface area contributed by atoms with E-state index in [2.05, 4.69) is 13.0 Å². The minimum Gasteiger partial charge on any atom is -0.377 e. The third-order valence-corrected chi connectivity index (χ3v) is 1.95. The van der Waals surface area contributed by atoms with Crippen LogP contribution in [0.2, 0.25) is 0 Å². The summed E-state index contributed by atoms with van der Waals surface area (Å²) >= 11 is 0. The Morgan fingerprint density at radius 3 is 3.10 bits per heavy atom. The molecule has 0 aliphatic carbocycles. The molecule has 0 bridgehead atoms. The highest BCUT2D eigenvalue weighted by Gasteiger charge is 2.18. The van der Waals surface area contributed by atoms with Crippen molar-refractivity contribution in [2.24, 2.45) is 5.92 Å². The molecule has 0 aromatic rings. The molecule has 0 aromatic heterocycles. The van der Waals surface area contributed by atoms with Crippen LogP contribution in [-0.2, 0) is 4.74 Å². The molecule has 2 heteroatoms. The Morgan fingerprint density at radius 2 is 2.50 bits per heavy atom. The topological polar surface area (TPSA) is 33.0 Å². The summed E-state index contributed by atoms with van der Waals surface area (Å²) in [5.41, 5.74) is 0. The highest BCUT2D eigenvalue weighted by Crippen LogP contribution is 2.20. The van der Waals surface area contributed by atoms with Crippen LogP contribution in [0.5, 0.6) is 0 Å². The van der Waals surface area contributed by atoms with Crippen LogP contribution in [0.15, 0.2) is 0 Å². The van der Waals surface area contributed by atoms with Gasteiger partial charge < -0.3 is 4.74 Å². The van der Waals surface area contributed by atoms with E-state index in [-0.39, 0.29) is 6.10 Å². The average molecular weight is 139 g/mol. The lowest BCUT2D eigenvalue weighted by Gasteiger charge is -2.25. The number of nitrogens with zero attached hydrogens (tertiary/aromatic N) is 1. The van der Waals surface area contributed by atoms with E-state index in [0.717, 1.165) is 25.4 Å². The summed E-state index contributed by atoms with van der Waals surface area (Å²) in [6, 6.07) is 2.13. The minimum atomic E-state index is 0.216. The van der Waals surface area contributed by atoms with Crippen molar-refractivity contribution in [3.63, 3.8) is 0 Å². The maximum Gasteiger partial charge on any atom is 0.0707 e. The van der Waals surface area contributed by atoms with Gasteiger partial charge in [-0.1, -0.05) is 6.92 Å². The zero-order valence-corrected chi connectivity index (χ0v) is 6.34. The molecule has 0 spiro atoms. The van der Waals surface area contributed by atoms with Gasteiger partial charge in [0.2, 0.25) is 0 Å². The molecule has 1 rings (SSSR count). The van der Waals surface area contributed by atoms with Gasteiger partial charge in [0.15, 0.2) is 0 Å². The summed E-state index contributed by atoms with van der Waals surface area (Å²) in [5.74, 6) is 0.743. The van der Waals surface area contributed by atoms with Gasteiger partial charge in [0.05, 0.1) is 18.6 Å². The number of hydrogen-bond acceptors (Lipinski definition) is 2. The fourth-order valence-electron chi connectivity index (χ4n) is 1.31. The second kappa shape index (κ2) is 3.58. The fraction of sp³-hybridized carbons (Fsp3) is 0.875. The lowest BCUT2D eigenvalue weighted by atomic mass is 9.96. The van der Waals surface area contributed by atoms with E-state index < -0.39 is 0 Å². The molecule has 0 N–H and O–H groups in total. The van der Waals surface area contributed by atoms with Gasteiger partial charge in [-0.05, 0) is 18.8 Å². The largest absolute Gasteiger partial charge is 0.377 e. The zero-order chi connectivity index (χ0) is 7.40. The van der Waals surface area contributed by atoms with Gasteiger partial charge in [0, 0.05) is 6.61 Å². The Kier molecular flexibility index (Phi) is 2.70. The summed E-state index contributed by atoms with van der Waals surface area (Å²) in [6.45, 7) is 3.06. The molecule has 1 aliphatic rings. The maximum absolute atomic E-state index is 8.37. The van der Waals surface area contributed by atoms with Gasteiger partial charge >= 0.3 is 0 Å². The summed E-state index contributed by atoms with van der Waals surface area (Å²) in [6.07, 6.45) is 2.99. The molecular weight excluding hydrogens is 126 g/mol. The highest BCUT2D eigenvalue weighted by molar-refractivity contribution is 4.79. The van der Waals surface area contributed by atoms with Gasteiger partial charge in [-0.15, -0.1) is 0 Å². The van der Waals surface area contributed by atoms with Crippen LogP contribution in [0.1, 0.15) is 26.2 Å². The first kappa shape index (κ1) is 7.56. The van der Waals surface area contributed by atoms with Crippen LogP contribution < -0.4 is 0 Å². The highest BCUT2D eigenvalue weighted by atomic mass is 16.5. The molecule has 1 fully saturated rings. The number of nitriles is 1. The van der Waals surface area contributed by atoms with Crippen molar-refractivity contribution in [3.05, 3.63) is 0 Å². The van der Waals surface area contributed by atoms with Crippen LogP contribution in [0.25, 0.3) is 0 Å². The molecule has 2 atom stereocenters. The molecular formula is C8H13NO. The van der Waals surface area contributed by atoms with Crippen molar-refractivity contribution < 1.29 is 4.74 Å². The molecule has 0 saturated carbocycles. The smallest absolute Gasteiger partial charge is 0.0707 e. The van der Waals surface area contributed by atoms with E-state index in [4.69, 9.17) is 10.00 Å². The third-order valence-electron chi connectivity index (χ3n) is 1.95. The van der Waals surface area contributed by atoms with Crippen molar-refractivity contribution >= 4 is 0 Å². The summed E-state index contributed by atoms with van der Waals surface area (Å²) < 4.78 is 5.37. The SMILES string of the molecule is C[C@H]1CCO[C@@H](CC#N)C1. The Hall–Kier alpha value is -0.550. The molecule has 1 saturated heterocycles. The van der Waals surface area contributed by atoms with Crippen molar-refractivity contribution in [3.8, 4) is 6.07 Å². The van der Waals surface area contributed by atoms with Crippen LogP contribution in [0, 0.1) is 17.2 Å². The van der Waals surface area contributed by atoms with Crippen LogP contribution in [-0.4, -0.2) is 12.7 Å². The molecule has 10 heavy (non-hydrogen) atoms. The number of ether oxygens (including phenoxy) is 1. The summed E-state index contributed by atoms with van der Waals surface area (Å²) in [5, 5.41) is 8.37. The van der Waals surface area contributed by atoms with Gasteiger partial charge in [-0.2, -0.15) is 5.26 Å². The van der Waals surface area contributed by atoms with Crippen LogP contribution >= 0.6 is 0 Å². The summed E-state index contributed by atoms with van der Waals surface area (Å²) in [7, 11) is 0. The molecule has 56 valence electrons. The Bertz CT molecular complexity index is 139.